The van der Waals surface area contributed by atoms with Crippen molar-refractivity contribution in [1.29, 1.82) is 0 Å². The summed E-state index contributed by atoms with van der Waals surface area (Å²) in [5, 5.41) is 0. The van der Waals surface area contributed by atoms with Crippen LogP contribution in [0.15, 0.2) is 152 Å². The van der Waals surface area contributed by atoms with E-state index in [2.05, 4.69) is 179 Å². The van der Waals surface area contributed by atoms with Gasteiger partial charge in [-0.2, -0.15) is 0 Å². The SMILES string of the molecule is Cc1ccnc(-c2ccc(-c3ccccc3-c3cc(B4OC(C)(C)C(C)(C)O4)cc(-c4ccccc4-c4ccc(-c5cc(C)ccn5)cc4)c3)cc2)c1. The van der Waals surface area contributed by atoms with Gasteiger partial charge in [0.2, 0.25) is 0 Å². The molecule has 1 aliphatic rings. The third kappa shape index (κ3) is 6.86. The second kappa shape index (κ2) is 13.7. The van der Waals surface area contributed by atoms with Crippen molar-refractivity contribution < 1.29 is 9.31 Å². The Hall–Kier alpha value is -5.62. The maximum atomic E-state index is 6.65. The van der Waals surface area contributed by atoms with Crippen LogP contribution in [0.1, 0.15) is 38.8 Å². The van der Waals surface area contributed by atoms with Gasteiger partial charge in [0.1, 0.15) is 0 Å². The highest BCUT2D eigenvalue weighted by Gasteiger charge is 2.51. The van der Waals surface area contributed by atoms with Crippen LogP contribution in [0.5, 0.6) is 0 Å². The molecule has 3 heterocycles. The summed E-state index contributed by atoms with van der Waals surface area (Å²) in [6.45, 7) is 12.6. The normalized spacial score (nSPS) is 14.7. The summed E-state index contributed by atoms with van der Waals surface area (Å²) in [6.07, 6.45) is 3.74. The Kier molecular flexibility index (Phi) is 8.94. The van der Waals surface area contributed by atoms with Gasteiger partial charge in [-0.3, -0.25) is 9.97 Å². The first-order valence-corrected chi connectivity index (χ1v) is 18.3. The number of hydrogen-bond acceptors (Lipinski definition) is 4. The molecule has 260 valence electrons. The van der Waals surface area contributed by atoms with E-state index in [4.69, 9.17) is 9.31 Å². The van der Waals surface area contributed by atoms with Crippen LogP contribution in [-0.4, -0.2) is 28.3 Å². The highest BCUT2D eigenvalue weighted by atomic mass is 16.7. The number of nitrogens with zero attached hydrogens (tertiary/aromatic N) is 2. The number of benzene rings is 5. The maximum absolute atomic E-state index is 6.65. The molecule has 7 aromatic rings. The second-order valence-electron chi connectivity index (χ2n) is 15.1. The van der Waals surface area contributed by atoms with Crippen molar-refractivity contribution in [3.05, 3.63) is 163 Å². The van der Waals surface area contributed by atoms with Crippen LogP contribution < -0.4 is 5.46 Å². The molecule has 0 radical (unpaired) electrons. The molecule has 0 bridgehead atoms. The minimum Gasteiger partial charge on any atom is -0.399 e. The van der Waals surface area contributed by atoms with Crippen LogP contribution in [0.2, 0.25) is 0 Å². The fourth-order valence-electron chi connectivity index (χ4n) is 7.08. The largest absolute Gasteiger partial charge is 0.494 e. The van der Waals surface area contributed by atoms with Gasteiger partial charge < -0.3 is 9.31 Å². The predicted octanol–water partition coefficient (Wildman–Crippen LogP) is 11.4. The standard InChI is InChI=1S/C48H43BN2O2/c1-32-23-25-50-45(27-32)36-19-15-34(16-20-36)41-11-7-9-13-43(41)38-29-39(31-40(30-38)49-52-47(3,4)48(5,6)53-49)44-14-10-8-12-42(44)35-17-21-37(22-18-35)46-28-33(2)24-26-51-46/h7-31H,1-6H3. The lowest BCUT2D eigenvalue weighted by Gasteiger charge is -2.32. The molecule has 0 amide bonds. The number of hydrogen-bond donors (Lipinski definition) is 0. The lowest BCUT2D eigenvalue weighted by Crippen LogP contribution is -2.41. The van der Waals surface area contributed by atoms with Gasteiger partial charge in [0.25, 0.3) is 0 Å². The topological polar surface area (TPSA) is 44.2 Å². The van der Waals surface area contributed by atoms with Crippen molar-refractivity contribution in [3.63, 3.8) is 0 Å². The van der Waals surface area contributed by atoms with E-state index >= 15 is 0 Å². The highest BCUT2D eigenvalue weighted by Crippen LogP contribution is 2.40. The summed E-state index contributed by atoms with van der Waals surface area (Å²) in [6, 6.07) is 49.8. The van der Waals surface area contributed by atoms with E-state index in [1.165, 1.54) is 11.1 Å². The van der Waals surface area contributed by atoms with E-state index in [-0.39, 0.29) is 0 Å². The van der Waals surface area contributed by atoms with Gasteiger partial charge in [-0.1, -0.05) is 109 Å². The summed E-state index contributed by atoms with van der Waals surface area (Å²) in [7, 11) is -0.514. The van der Waals surface area contributed by atoms with E-state index in [0.29, 0.717) is 0 Å². The fourth-order valence-corrected chi connectivity index (χ4v) is 7.08. The molecule has 1 aliphatic heterocycles. The quantitative estimate of drug-likeness (QED) is 0.156. The van der Waals surface area contributed by atoms with E-state index in [9.17, 15) is 0 Å². The molecule has 1 saturated heterocycles. The molecule has 0 unspecified atom stereocenters. The Bertz CT molecular complexity index is 2270. The predicted molar refractivity (Wildman–Crippen MR) is 220 cm³/mol. The number of aryl methyl sites for hydroxylation is 2. The van der Waals surface area contributed by atoms with Crippen molar-refractivity contribution in [2.24, 2.45) is 0 Å². The molecule has 5 aromatic carbocycles. The summed E-state index contributed by atoms with van der Waals surface area (Å²) >= 11 is 0. The van der Waals surface area contributed by atoms with Crippen LogP contribution in [0.4, 0.5) is 0 Å². The van der Waals surface area contributed by atoms with Crippen molar-refractivity contribution in [1.82, 2.24) is 9.97 Å². The molecular weight excluding hydrogens is 647 g/mol. The third-order valence-corrected chi connectivity index (χ3v) is 10.8. The Morgan fingerprint density at radius 1 is 0.415 bits per heavy atom. The van der Waals surface area contributed by atoms with Crippen LogP contribution >= 0.6 is 0 Å². The van der Waals surface area contributed by atoms with Crippen molar-refractivity contribution in [2.45, 2.75) is 52.7 Å². The molecule has 4 nitrogen and oxygen atoms in total. The van der Waals surface area contributed by atoms with E-state index in [1.54, 1.807) is 0 Å². The molecule has 0 saturated carbocycles. The van der Waals surface area contributed by atoms with Gasteiger partial charge in [0.15, 0.2) is 0 Å². The van der Waals surface area contributed by atoms with Crippen LogP contribution in [0.3, 0.4) is 0 Å². The van der Waals surface area contributed by atoms with Gasteiger partial charge in [0, 0.05) is 23.5 Å². The van der Waals surface area contributed by atoms with Crippen molar-refractivity contribution >= 4 is 12.6 Å². The minimum atomic E-state index is -0.514. The molecular formula is C48H43BN2O2. The first kappa shape index (κ1) is 34.5. The number of rotatable bonds is 7. The average molecular weight is 691 g/mol. The highest BCUT2D eigenvalue weighted by molar-refractivity contribution is 6.62. The molecule has 0 spiro atoms. The first-order chi connectivity index (χ1) is 25.5. The van der Waals surface area contributed by atoms with Gasteiger partial charge in [-0.25, -0.2) is 0 Å². The third-order valence-electron chi connectivity index (χ3n) is 10.8. The van der Waals surface area contributed by atoms with Crippen molar-refractivity contribution in [3.8, 4) is 67.0 Å². The summed E-state index contributed by atoms with van der Waals surface area (Å²) in [5.41, 5.74) is 15.7. The van der Waals surface area contributed by atoms with E-state index < -0.39 is 18.3 Å². The summed E-state index contributed by atoms with van der Waals surface area (Å²) < 4.78 is 13.3. The first-order valence-electron chi connectivity index (χ1n) is 18.3. The zero-order valence-corrected chi connectivity index (χ0v) is 31.2. The van der Waals surface area contributed by atoms with Crippen molar-refractivity contribution in [2.75, 3.05) is 0 Å². The number of pyridine rings is 2. The monoisotopic (exact) mass is 690 g/mol. The smallest absolute Gasteiger partial charge is 0.399 e. The van der Waals surface area contributed by atoms with E-state index in [0.717, 1.165) is 72.5 Å². The maximum Gasteiger partial charge on any atom is 0.494 e. The minimum absolute atomic E-state index is 0.467. The zero-order chi connectivity index (χ0) is 36.7. The summed E-state index contributed by atoms with van der Waals surface area (Å²) in [5.74, 6) is 0. The Labute approximate surface area is 313 Å². The fraction of sp³-hybridized carbons (Fsp3) is 0.167. The summed E-state index contributed by atoms with van der Waals surface area (Å²) in [4.78, 5) is 9.21. The van der Waals surface area contributed by atoms with Gasteiger partial charge in [0.05, 0.1) is 22.6 Å². The van der Waals surface area contributed by atoms with Crippen LogP contribution in [-0.2, 0) is 9.31 Å². The lowest BCUT2D eigenvalue weighted by atomic mass is 9.75. The molecule has 8 rings (SSSR count). The lowest BCUT2D eigenvalue weighted by molar-refractivity contribution is 0.00578. The van der Waals surface area contributed by atoms with E-state index in [1.807, 2.05) is 24.5 Å². The Morgan fingerprint density at radius 3 is 1.15 bits per heavy atom. The molecule has 2 aromatic heterocycles. The molecule has 0 atom stereocenters. The molecule has 53 heavy (non-hydrogen) atoms. The van der Waals surface area contributed by atoms with Gasteiger partial charge >= 0.3 is 7.12 Å². The Morgan fingerprint density at radius 2 is 0.774 bits per heavy atom. The Balaban J connectivity index is 1.24. The molecule has 5 heteroatoms. The zero-order valence-electron chi connectivity index (χ0n) is 31.2. The van der Waals surface area contributed by atoms with Crippen LogP contribution in [0.25, 0.3) is 67.0 Å². The molecule has 1 fully saturated rings. The van der Waals surface area contributed by atoms with Gasteiger partial charge in [-0.15, -0.1) is 0 Å². The van der Waals surface area contributed by atoms with Gasteiger partial charge in [-0.05, 0) is 133 Å². The molecule has 0 aliphatic carbocycles. The second-order valence-corrected chi connectivity index (χ2v) is 15.1. The number of aromatic nitrogens is 2. The molecule has 0 N–H and O–H groups in total. The average Bonchev–Trinajstić information content (AvgIpc) is 3.40. The van der Waals surface area contributed by atoms with Crippen LogP contribution in [0, 0.1) is 13.8 Å².